The Morgan fingerprint density at radius 3 is 2.57 bits per heavy atom. The number of aryl methyl sites for hydroxylation is 3. The topological polar surface area (TPSA) is 87.6 Å². The molecule has 0 unspecified atom stereocenters. The average Bonchev–Trinajstić information content (AvgIpc) is 3.47. The Kier molecular flexibility index (Phi) is 6.84. The molecule has 1 fully saturated rings. The molecule has 0 atom stereocenters. The van der Waals surface area contributed by atoms with E-state index < -0.39 is 7.04 Å². The quantitative estimate of drug-likeness (QED) is 0.300. The van der Waals surface area contributed by atoms with Gasteiger partial charge in [-0.1, -0.05) is 32.0 Å². The second-order valence-corrected chi connectivity index (χ2v) is 10.9. The van der Waals surface area contributed by atoms with Crippen molar-refractivity contribution in [2.75, 3.05) is 55.8 Å². The number of rotatable bonds is 8. The van der Waals surface area contributed by atoms with Gasteiger partial charge in [0.25, 0.3) is 5.91 Å². The molecule has 0 spiro atoms. The van der Waals surface area contributed by atoms with Gasteiger partial charge in [-0.3, -0.25) is 4.79 Å². The van der Waals surface area contributed by atoms with E-state index in [1.807, 2.05) is 29.0 Å². The molecule has 6 rings (SSSR count). The number of fused-ring (bicyclic) bond motifs is 3. The van der Waals surface area contributed by atoms with Crippen molar-refractivity contribution in [2.24, 2.45) is 0 Å². The molecule has 1 saturated heterocycles. The largest absolute Gasteiger partial charge is 0.494 e. The number of nitrogens with one attached hydrogen (secondary N) is 2. The van der Waals surface area contributed by atoms with Gasteiger partial charge in [-0.25, -0.2) is 4.98 Å². The minimum Gasteiger partial charge on any atom is -0.494 e. The van der Waals surface area contributed by atoms with Gasteiger partial charge in [0.2, 0.25) is 5.95 Å². The molecule has 1 amide bonds. The Morgan fingerprint density at radius 1 is 1.05 bits per heavy atom. The van der Waals surface area contributed by atoms with Gasteiger partial charge in [-0.2, -0.15) is 4.98 Å². The summed E-state index contributed by atoms with van der Waals surface area (Å²) in [4.78, 5) is 27.4. The summed E-state index contributed by atoms with van der Waals surface area (Å²) >= 11 is 0. The van der Waals surface area contributed by atoms with E-state index in [1.165, 1.54) is 0 Å². The van der Waals surface area contributed by atoms with E-state index >= 15 is 0 Å². The number of anilines is 4. The summed E-state index contributed by atoms with van der Waals surface area (Å²) < 4.78 is 30.6. The van der Waals surface area contributed by atoms with Crippen LogP contribution in [0.2, 0.25) is 0 Å². The molecule has 9 nitrogen and oxygen atoms in total. The van der Waals surface area contributed by atoms with Crippen LogP contribution in [0.5, 0.6) is 5.75 Å². The number of benzene rings is 2. The monoisotopic (exact) mass is 568 g/mol. The van der Waals surface area contributed by atoms with Crippen molar-refractivity contribution in [3.8, 4) is 11.6 Å². The number of amides is 1. The number of aromatic nitrogens is 3. The SMILES string of the molecule is [2H]C([2H])([2H])Oc1cc(N2CCN(C)CC2)ccc1Nc1ncc2c(n1)-n1ccc(C(=O)Nc3c(CC)cccc3CC)c1CC2. The minimum atomic E-state index is -2.62. The number of likely N-dealkylation sites (N-methyl/N-ethyl adjacent to an activating group) is 1. The number of nitrogens with zero attached hydrogens (tertiary/aromatic N) is 5. The normalized spacial score (nSPS) is 16.1. The standard InChI is InChI=1S/C33H39N7O2/c1-5-22-8-7-9-23(6-2)30(22)36-32(41)26-14-15-40-28(26)13-10-24-21-34-33(37-31(24)40)35-27-12-11-25(20-29(27)42-4)39-18-16-38(3)17-19-39/h7-9,11-12,14-15,20-21H,5-6,10,13,16-19H2,1-4H3,(H,36,41)(H,34,35,37)/i4D3. The summed E-state index contributed by atoms with van der Waals surface area (Å²) in [6.07, 6.45) is 6.68. The molecule has 2 aromatic carbocycles. The lowest BCUT2D eigenvalue weighted by Gasteiger charge is -2.34. The number of carbonyl (C=O) groups is 1. The van der Waals surface area contributed by atoms with Crippen LogP contribution in [-0.2, 0) is 25.7 Å². The van der Waals surface area contributed by atoms with Crippen LogP contribution in [0.3, 0.4) is 0 Å². The zero-order valence-electron chi connectivity index (χ0n) is 27.4. The number of ether oxygens (including phenoxy) is 1. The molecule has 4 heterocycles. The van der Waals surface area contributed by atoms with E-state index in [0.717, 1.165) is 72.8 Å². The summed E-state index contributed by atoms with van der Waals surface area (Å²) in [5, 5.41) is 6.38. The van der Waals surface area contributed by atoms with Crippen molar-refractivity contribution < 1.29 is 13.6 Å². The van der Waals surface area contributed by atoms with Crippen molar-refractivity contribution in [2.45, 2.75) is 39.5 Å². The van der Waals surface area contributed by atoms with Crippen LogP contribution in [0.4, 0.5) is 23.0 Å². The Bertz CT molecular complexity index is 1690. The third-order valence-electron chi connectivity index (χ3n) is 8.37. The summed E-state index contributed by atoms with van der Waals surface area (Å²) in [5.41, 5.74) is 6.94. The molecule has 42 heavy (non-hydrogen) atoms. The van der Waals surface area contributed by atoms with Crippen LogP contribution < -0.4 is 20.3 Å². The summed E-state index contributed by atoms with van der Waals surface area (Å²) in [5.74, 6) is 1.05. The van der Waals surface area contributed by atoms with Crippen molar-refractivity contribution in [1.29, 1.82) is 0 Å². The lowest BCUT2D eigenvalue weighted by atomic mass is 10.0. The fourth-order valence-corrected chi connectivity index (χ4v) is 5.89. The molecule has 2 aliphatic heterocycles. The van der Waals surface area contributed by atoms with Gasteiger partial charge in [0, 0.05) is 67.3 Å². The van der Waals surface area contributed by atoms with E-state index in [9.17, 15) is 4.79 Å². The molecule has 0 saturated carbocycles. The molecule has 0 aliphatic carbocycles. The molecule has 4 aromatic rings. The zero-order valence-corrected chi connectivity index (χ0v) is 24.4. The van der Waals surface area contributed by atoms with E-state index in [1.54, 1.807) is 18.3 Å². The first-order valence-corrected chi connectivity index (χ1v) is 14.7. The van der Waals surface area contributed by atoms with Gasteiger partial charge < -0.3 is 29.7 Å². The van der Waals surface area contributed by atoms with Crippen LogP contribution in [-0.4, -0.2) is 65.6 Å². The Morgan fingerprint density at radius 2 is 1.83 bits per heavy atom. The number of hydrogen-bond acceptors (Lipinski definition) is 7. The number of para-hydroxylation sites is 1. The lowest BCUT2D eigenvalue weighted by molar-refractivity contribution is 0.102. The summed E-state index contributed by atoms with van der Waals surface area (Å²) in [7, 11) is -0.534. The average molecular weight is 569 g/mol. The Labute approximate surface area is 251 Å². The van der Waals surface area contributed by atoms with Crippen LogP contribution in [0.25, 0.3) is 5.82 Å². The highest BCUT2D eigenvalue weighted by Crippen LogP contribution is 2.33. The molecular formula is C33H39N7O2. The highest BCUT2D eigenvalue weighted by Gasteiger charge is 2.25. The highest BCUT2D eigenvalue weighted by atomic mass is 16.5. The number of piperazine rings is 1. The van der Waals surface area contributed by atoms with Gasteiger partial charge in [0.1, 0.15) is 11.6 Å². The van der Waals surface area contributed by atoms with Gasteiger partial charge >= 0.3 is 0 Å². The number of hydrogen-bond donors (Lipinski definition) is 2. The number of carbonyl (C=O) groups excluding carboxylic acids is 1. The minimum absolute atomic E-state index is 0.137. The number of methoxy groups -OCH3 is 1. The molecular weight excluding hydrogens is 526 g/mol. The van der Waals surface area contributed by atoms with Crippen molar-refractivity contribution in [3.63, 3.8) is 0 Å². The van der Waals surface area contributed by atoms with E-state index in [0.29, 0.717) is 35.9 Å². The first-order valence-electron chi connectivity index (χ1n) is 16.2. The van der Waals surface area contributed by atoms with Crippen molar-refractivity contribution >= 4 is 28.9 Å². The molecule has 9 heteroatoms. The van der Waals surface area contributed by atoms with Crippen molar-refractivity contribution in [3.05, 3.63) is 82.8 Å². The molecule has 2 aliphatic rings. The summed E-state index contributed by atoms with van der Waals surface area (Å²) in [6, 6.07) is 13.5. The third kappa shape index (κ3) is 5.32. The zero-order chi connectivity index (χ0) is 31.7. The van der Waals surface area contributed by atoms with E-state index in [4.69, 9.17) is 13.8 Å². The maximum atomic E-state index is 13.6. The predicted octanol–water partition coefficient (Wildman–Crippen LogP) is 5.25. The highest BCUT2D eigenvalue weighted by molar-refractivity contribution is 6.06. The maximum Gasteiger partial charge on any atom is 0.257 e. The van der Waals surface area contributed by atoms with Gasteiger partial charge in [0.05, 0.1) is 22.4 Å². The van der Waals surface area contributed by atoms with E-state index in [2.05, 4.69) is 58.4 Å². The molecule has 2 aromatic heterocycles. The van der Waals surface area contributed by atoms with Gasteiger partial charge in [0.15, 0.2) is 0 Å². The van der Waals surface area contributed by atoms with E-state index in [-0.39, 0.29) is 11.7 Å². The van der Waals surface area contributed by atoms with Crippen molar-refractivity contribution in [1.82, 2.24) is 19.4 Å². The fraction of sp³-hybridized carbons (Fsp3) is 0.364. The molecule has 218 valence electrons. The van der Waals surface area contributed by atoms with Crippen LogP contribution in [0.15, 0.2) is 54.9 Å². The first-order chi connectivity index (χ1) is 21.6. The first kappa shape index (κ1) is 24.2. The second-order valence-electron chi connectivity index (χ2n) is 10.9. The third-order valence-corrected chi connectivity index (χ3v) is 8.37. The fourth-order valence-electron chi connectivity index (χ4n) is 5.89. The van der Waals surface area contributed by atoms with Crippen LogP contribution in [0, 0.1) is 0 Å². The predicted molar refractivity (Wildman–Crippen MR) is 168 cm³/mol. The Balaban J connectivity index is 1.27. The van der Waals surface area contributed by atoms with Crippen LogP contribution in [0.1, 0.15) is 50.7 Å². The maximum absolute atomic E-state index is 13.6. The van der Waals surface area contributed by atoms with Crippen LogP contribution >= 0.6 is 0 Å². The molecule has 0 radical (unpaired) electrons. The molecule has 0 bridgehead atoms. The van der Waals surface area contributed by atoms with Gasteiger partial charge in [-0.05, 0) is 62.1 Å². The van der Waals surface area contributed by atoms with Gasteiger partial charge in [-0.15, -0.1) is 0 Å². The summed E-state index contributed by atoms with van der Waals surface area (Å²) in [6.45, 7) is 7.72. The lowest BCUT2D eigenvalue weighted by Crippen LogP contribution is -2.44. The smallest absolute Gasteiger partial charge is 0.257 e. The second kappa shape index (κ2) is 11.9. The Hall–Kier alpha value is -4.37. The molecule has 2 N–H and O–H groups in total.